The number of hydrogen-bond acceptors (Lipinski definition) is 7. The number of carbonyl (C=O) groups excluding carboxylic acids is 2. The Kier molecular flexibility index (Phi) is 8.54. The van der Waals surface area contributed by atoms with Crippen molar-refractivity contribution in [2.75, 3.05) is 25.3 Å². The largest absolute Gasteiger partial charge is 0.493 e. The molecule has 0 unspecified atom stereocenters. The number of amides is 2. The predicted octanol–water partition coefficient (Wildman–Crippen LogP) is 4.22. The molecule has 9 nitrogen and oxygen atoms in total. The maximum absolute atomic E-state index is 13.9. The van der Waals surface area contributed by atoms with E-state index in [9.17, 15) is 18.4 Å². The summed E-state index contributed by atoms with van der Waals surface area (Å²) in [5, 5.41) is 13.9. The number of benzene rings is 3. The van der Waals surface area contributed by atoms with Crippen molar-refractivity contribution in [2.45, 2.75) is 11.7 Å². The zero-order valence-corrected chi connectivity index (χ0v) is 21.2. The van der Waals surface area contributed by atoms with Gasteiger partial charge < -0.3 is 20.1 Å². The summed E-state index contributed by atoms with van der Waals surface area (Å²) in [4.78, 5) is 25.2. The molecule has 38 heavy (non-hydrogen) atoms. The molecule has 0 bridgehead atoms. The molecule has 0 atom stereocenters. The molecular weight excluding hydrogens is 516 g/mol. The van der Waals surface area contributed by atoms with Crippen LogP contribution in [0.25, 0.3) is 5.69 Å². The lowest BCUT2D eigenvalue weighted by molar-refractivity contribution is -0.113. The second-order valence-electron chi connectivity index (χ2n) is 7.78. The minimum absolute atomic E-state index is 0.0143. The second kappa shape index (κ2) is 12.2. The van der Waals surface area contributed by atoms with Gasteiger partial charge in [-0.1, -0.05) is 23.9 Å². The minimum atomic E-state index is -0.548. The van der Waals surface area contributed by atoms with Gasteiger partial charge in [0.05, 0.1) is 32.2 Å². The van der Waals surface area contributed by atoms with Crippen LogP contribution in [0.4, 0.5) is 14.5 Å². The van der Waals surface area contributed by atoms with Crippen molar-refractivity contribution < 1.29 is 27.8 Å². The number of carbonyl (C=O) groups is 2. The first-order valence-electron chi connectivity index (χ1n) is 11.3. The van der Waals surface area contributed by atoms with E-state index in [0.29, 0.717) is 33.7 Å². The van der Waals surface area contributed by atoms with Gasteiger partial charge in [-0.25, -0.2) is 8.78 Å². The second-order valence-corrected chi connectivity index (χ2v) is 8.72. The Morgan fingerprint density at radius 1 is 0.947 bits per heavy atom. The van der Waals surface area contributed by atoms with Crippen LogP contribution in [0, 0.1) is 11.6 Å². The van der Waals surface area contributed by atoms with E-state index in [1.165, 1.54) is 56.7 Å². The number of thioether (sulfide) groups is 1. The van der Waals surface area contributed by atoms with Gasteiger partial charge in [-0.05, 0) is 54.6 Å². The molecule has 0 aliphatic carbocycles. The van der Waals surface area contributed by atoms with E-state index in [2.05, 4.69) is 20.8 Å². The van der Waals surface area contributed by atoms with Crippen LogP contribution < -0.4 is 20.1 Å². The Morgan fingerprint density at radius 2 is 1.68 bits per heavy atom. The summed E-state index contributed by atoms with van der Waals surface area (Å²) in [6.07, 6.45) is 0. The van der Waals surface area contributed by atoms with Crippen molar-refractivity contribution in [1.29, 1.82) is 0 Å². The van der Waals surface area contributed by atoms with Crippen LogP contribution in [-0.2, 0) is 11.3 Å². The monoisotopic (exact) mass is 539 g/mol. The standard InChI is InChI=1S/C26H23F2N5O4S/c1-36-21-12-7-16(13-22(21)37-2)25(35)29-14-23-31-32-26(33(23)18-10-8-17(27)9-11-18)38-15-24(34)30-20-6-4-3-5-19(20)28/h3-13H,14-15H2,1-2H3,(H,29,35)(H,30,34). The topological polar surface area (TPSA) is 107 Å². The summed E-state index contributed by atoms with van der Waals surface area (Å²) in [6.45, 7) is -0.0143. The van der Waals surface area contributed by atoms with Gasteiger partial charge in [-0.15, -0.1) is 10.2 Å². The van der Waals surface area contributed by atoms with Gasteiger partial charge in [0.15, 0.2) is 22.5 Å². The van der Waals surface area contributed by atoms with E-state index in [4.69, 9.17) is 9.47 Å². The molecule has 0 saturated carbocycles. The highest BCUT2D eigenvalue weighted by molar-refractivity contribution is 7.99. The smallest absolute Gasteiger partial charge is 0.251 e. The van der Waals surface area contributed by atoms with E-state index in [1.54, 1.807) is 28.8 Å². The number of methoxy groups -OCH3 is 2. The minimum Gasteiger partial charge on any atom is -0.493 e. The van der Waals surface area contributed by atoms with Crippen molar-refractivity contribution in [3.63, 3.8) is 0 Å². The first-order chi connectivity index (χ1) is 18.4. The third-order valence-corrected chi connectivity index (χ3v) is 6.25. The van der Waals surface area contributed by atoms with Gasteiger partial charge in [-0.2, -0.15) is 0 Å². The zero-order chi connectivity index (χ0) is 27.1. The molecule has 1 aromatic heterocycles. The fraction of sp³-hybridized carbons (Fsp3) is 0.154. The van der Waals surface area contributed by atoms with Crippen LogP contribution in [0.15, 0.2) is 71.9 Å². The quantitative estimate of drug-likeness (QED) is 0.291. The molecule has 0 aliphatic rings. The Morgan fingerprint density at radius 3 is 2.39 bits per heavy atom. The summed E-state index contributed by atoms with van der Waals surface area (Å²) in [6, 6.07) is 16.2. The maximum Gasteiger partial charge on any atom is 0.251 e. The normalized spacial score (nSPS) is 10.6. The number of aromatic nitrogens is 3. The van der Waals surface area contributed by atoms with Crippen LogP contribution in [0.5, 0.6) is 11.5 Å². The van der Waals surface area contributed by atoms with Crippen LogP contribution >= 0.6 is 11.8 Å². The number of nitrogens with zero attached hydrogens (tertiary/aromatic N) is 3. The molecule has 0 spiro atoms. The van der Waals surface area contributed by atoms with Crippen LogP contribution in [-0.4, -0.2) is 46.6 Å². The zero-order valence-electron chi connectivity index (χ0n) is 20.4. The summed E-state index contributed by atoms with van der Waals surface area (Å²) >= 11 is 1.06. The number of anilines is 1. The average molecular weight is 540 g/mol. The number of ether oxygens (including phenoxy) is 2. The van der Waals surface area contributed by atoms with E-state index < -0.39 is 23.4 Å². The lowest BCUT2D eigenvalue weighted by Gasteiger charge is -2.12. The molecule has 4 aromatic rings. The van der Waals surface area contributed by atoms with Crippen molar-refractivity contribution in [3.05, 3.63) is 89.8 Å². The van der Waals surface area contributed by atoms with Crippen molar-refractivity contribution in [3.8, 4) is 17.2 Å². The molecule has 0 fully saturated rings. The van der Waals surface area contributed by atoms with Gasteiger partial charge in [0.1, 0.15) is 11.6 Å². The molecule has 2 amide bonds. The Hall–Kier alpha value is -4.45. The van der Waals surface area contributed by atoms with E-state index >= 15 is 0 Å². The molecule has 196 valence electrons. The summed E-state index contributed by atoms with van der Waals surface area (Å²) < 4.78 is 39.5. The first-order valence-corrected chi connectivity index (χ1v) is 12.3. The Bertz CT molecular complexity index is 1450. The van der Waals surface area contributed by atoms with Crippen LogP contribution in [0.1, 0.15) is 16.2 Å². The van der Waals surface area contributed by atoms with Crippen molar-refractivity contribution >= 4 is 29.3 Å². The highest BCUT2D eigenvalue weighted by Gasteiger charge is 2.18. The number of halogens is 2. The van der Waals surface area contributed by atoms with Crippen molar-refractivity contribution in [1.82, 2.24) is 20.1 Å². The number of nitrogens with one attached hydrogen (secondary N) is 2. The maximum atomic E-state index is 13.9. The lowest BCUT2D eigenvalue weighted by atomic mass is 10.2. The molecule has 0 aliphatic heterocycles. The molecule has 0 saturated heterocycles. The highest BCUT2D eigenvalue weighted by atomic mass is 32.2. The van der Waals surface area contributed by atoms with Gasteiger partial charge in [0, 0.05) is 11.3 Å². The molecule has 3 aromatic carbocycles. The third kappa shape index (κ3) is 6.27. The molecule has 4 rings (SSSR count). The highest BCUT2D eigenvalue weighted by Crippen LogP contribution is 2.28. The first kappa shape index (κ1) is 26.6. The fourth-order valence-electron chi connectivity index (χ4n) is 3.48. The molecule has 2 N–H and O–H groups in total. The van der Waals surface area contributed by atoms with Crippen LogP contribution in [0.3, 0.4) is 0 Å². The van der Waals surface area contributed by atoms with E-state index in [-0.39, 0.29) is 18.0 Å². The average Bonchev–Trinajstić information content (AvgIpc) is 3.34. The van der Waals surface area contributed by atoms with E-state index in [1.807, 2.05) is 0 Å². The number of hydrogen-bond donors (Lipinski definition) is 2. The predicted molar refractivity (Wildman–Crippen MR) is 138 cm³/mol. The van der Waals surface area contributed by atoms with Gasteiger partial charge in [0.2, 0.25) is 5.91 Å². The number of rotatable bonds is 10. The van der Waals surface area contributed by atoms with E-state index in [0.717, 1.165) is 11.8 Å². The lowest BCUT2D eigenvalue weighted by Crippen LogP contribution is -2.24. The molecule has 12 heteroatoms. The van der Waals surface area contributed by atoms with Crippen molar-refractivity contribution in [2.24, 2.45) is 0 Å². The molecule has 1 heterocycles. The third-order valence-electron chi connectivity index (χ3n) is 5.32. The SMILES string of the molecule is COc1ccc(C(=O)NCc2nnc(SCC(=O)Nc3ccccc3F)n2-c2ccc(F)cc2)cc1OC. The van der Waals surface area contributed by atoms with Gasteiger partial charge in [0.25, 0.3) is 5.91 Å². The van der Waals surface area contributed by atoms with Gasteiger partial charge >= 0.3 is 0 Å². The summed E-state index contributed by atoms with van der Waals surface area (Å²) in [5.74, 6) is -0.664. The summed E-state index contributed by atoms with van der Waals surface area (Å²) in [5.41, 5.74) is 0.940. The summed E-state index contributed by atoms with van der Waals surface area (Å²) in [7, 11) is 2.97. The fourth-order valence-corrected chi connectivity index (χ4v) is 4.25. The molecule has 0 radical (unpaired) electrons. The van der Waals surface area contributed by atoms with Crippen LogP contribution in [0.2, 0.25) is 0 Å². The number of para-hydroxylation sites is 1. The Balaban J connectivity index is 1.51. The Labute approximate surface area is 221 Å². The molecular formula is C26H23F2N5O4S. The van der Waals surface area contributed by atoms with Gasteiger partial charge in [-0.3, -0.25) is 14.2 Å².